The van der Waals surface area contributed by atoms with Crippen LogP contribution in [0.2, 0.25) is 0 Å². The Morgan fingerprint density at radius 3 is 2.60 bits per heavy atom. The predicted molar refractivity (Wildman–Crippen MR) is 137 cm³/mol. The fourth-order valence-corrected chi connectivity index (χ4v) is 4.45. The number of carbonyl (C=O) groups excluding carboxylic acids is 2. The fraction of sp³-hybridized carbons (Fsp3) is 0.0769. The van der Waals surface area contributed by atoms with Crippen LogP contribution in [0.4, 0.5) is 0 Å². The number of nitrogens with one attached hydrogen (secondary N) is 1. The van der Waals surface area contributed by atoms with E-state index in [2.05, 4.69) is 11.5 Å². The monoisotopic (exact) mass is 501 g/mol. The fourth-order valence-electron chi connectivity index (χ4n) is 3.28. The summed E-state index contributed by atoms with van der Waals surface area (Å²) < 4.78 is 11.6. The van der Waals surface area contributed by atoms with E-state index in [0.29, 0.717) is 33.1 Å². The summed E-state index contributed by atoms with van der Waals surface area (Å²) in [6.07, 6.45) is 1.67. The normalized spacial score (nSPS) is 14.1. The molecule has 9 heteroatoms. The highest BCUT2D eigenvalue weighted by atomic mass is 32.2. The van der Waals surface area contributed by atoms with E-state index in [1.807, 2.05) is 12.1 Å². The van der Waals surface area contributed by atoms with E-state index >= 15 is 0 Å². The first-order chi connectivity index (χ1) is 17.0. The highest BCUT2D eigenvalue weighted by Crippen LogP contribution is 2.34. The second-order valence-electron chi connectivity index (χ2n) is 7.29. The van der Waals surface area contributed by atoms with E-state index in [-0.39, 0.29) is 10.9 Å². The zero-order valence-electron chi connectivity index (χ0n) is 18.6. The summed E-state index contributed by atoms with van der Waals surface area (Å²) in [5.74, 6) is 0.127. The van der Waals surface area contributed by atoms with Crippen molar-refractivity contribution in [3.8, 4) is 17.6 Å². The third kappa shape index (κ3) is 5.51. The molecule has 35 heavy (non-hydrogen) atoms. The van der Waals surface area contributed by atoms with Gasteiger partial charge in [-0.15, -0.1) is 0 Å². The zero-order valence-corrected chi connectivity index (χ0v) is 20.2. The quantitative estimate of drug-likeness (QED) is 0.371. The third-order valence-electron chi connectivity index (χ3n) is 5.05. The SMILES string of the molecule is COc1cc(/C=C2\SC(=S)N(NC(=O)c3ccccc3)C2=O)ccc1OCc1ccccc1C#N. The standard InChI is InChI=1S/C26H19N3O4S2/c1-32-22-13-17(11-12-21(22)33-16-20-10-6-5-9-19(20)15-27)14-23-25(31)29(26(34)35-23)28-24(30)18-7-3-2-4-8-18/h2-14H,16H2,1H3,(H,28,30)/b23-14-. The second kappa shape index (κ2) is 10.9. The Kier molecular flexibility index (Phi) is 7.45. The number of hydrogen-bond acceptors (Lipinski definition) is 7. The molecule has 0 spiro atoms. The summed E-state index contributed by atoms with van der Waals surface area (Å²) in [7, 11) is 1.52. The Hall–Kier alpha value is -4.13. The molecule has 1 N–H and O–H groups in total. The molecule has 0 bridgehead atoms. The van der Waals surface area contributed by atoms with Gasteiger partial charge in [-0.25, -0.2) is 0 Å². The van der Waals surface area contributed by atoms with Gasteiger partial charge in [-0.1, -0.05) is 54.2 Å². The highest BCUT2D eigenvalue weighted by molar-refractivity contribution is 8.26. The molecule has 4 rings (SSSR count). The second-order valence-corrected chi connectivity index (χ2v) is 8.97. The maximum atomic E-state index is 12.9. The first kappa shape index (κ1) is 24.0. The third-order valence-corrected chi connectivity index (χ3v) is 6.35. The first-order valence-corrected chi connectivity index (χ1v) is 11.7. The van der Waals surface area contributed by atoms with E-state index in [9.17, 15) is 14.9 Å². The lowest BCUT2D eigenvalue weighted by molar-refractivity contribution is -0.123. The van der Waals surface area contributed by atoms with Gasteiger partial charge in [0.05, 0.1) is 23.6 Å². The number of thioether (sulfide) groups is 1. The first-order valence-electron chi connectivity index (χ1n) is 10.4. The molecule has 1 aliphatic rings. The van der Waals surface area contributed by atoms with Crippen molar-refractivity contribution in [3.63, 3.8) is 0 Å². The maximum absolute atomic E-state index is 12.9. The van der Waals surface area contributed by atoms with Crippen molar-refractivity contribution in [2.24, 2.45) is 0 Å². The summed E-state index contributed by atoms with van der Waals surface area (Å²) in [6, 6.07) is 23.2. The van der Waals surface area contributed by atoms with Gasteiger partial charge in [0.1, 0.15) is 6.61 Å². The number of methoxy groups -OCH3 is 1. The van der Waals surface area contributed by atoms with E-state index in [1.165, 1.54) is 7.11 Å². The van der Waals surface area contributed by atoms with Gasteiger partial charge in [0.2, 0.25) is 0 Å². The van der Waals surface area contributed by atoms with Crippen LogP contribution in [0.25, 0.3) is 6.08 Å². The van der Waals surface area contributed by atoms with Gasteiger partial charge in [-0.3, -0.25) is 15.0 Å². The Labute approximate surface area is 211 Å². The van der Waals surface area contributed by atoms with Gasteiger partial charge in [0.15, 0.2) is 15.8 Å². The van der Waals surface area contributed by atoms with Crippen molar-refractivity contribution in [2.75, 3.05) is 7.11 Å². The number of ether oxygens (including phenoxy) is 2. The lowest BCUT2D eigenvalue weighted by Crippen LogP contribution is -2.44. The molecule has 174 valence electrons. The van der Waals surface area contributed by atoms with Crippen LogP contribution in [0.1, 0.15) is 27.0 Å². The Bertz CT molecular complexity index is 1370. The largest absolute Gasteiger partial charge is 0.493 e. The Morgan fingerprint density at radius 2 is 1.86 bits per heavy atom. The van der Waals surface area contributed by atoms with Gasteiger partial charge < -0.3 is 9.47 Å². The van der Waals surface area contributed by atoms with Gasteiger partial charge in [0.25, 0.3) is 11.8 Å². The molecule has 0 radical (unpaired) electrons. The number of thiocarbonyl (C=S) groups is 1. The van der Waals surface area contributed by atoms with Crippen molar-refractivity contribution < 1.29 is 19.1 Å². The number of nitrogens with zero attached hydrogens (tertiary/aromatic N) is 2. The minimum Gasteiger partial charge on any atom is -0.493 e. The molecule has 0 atom stereocenters. The van der Waals surface area contributed by atoms with Crippen LogP contribution in [0.5, 0.6) is 11.5 Å². The van der Waals surface area contributed by atoms with Crippen LogP contribution >= 0.6 is 24.0 Å². The molecule has 1 heterocycles. The molecular formula is C26H19N3O4S2. The van der Waals surface area contributed by atoms with Crippen molar-refractivity contribution >= 4 is 46.2 Å². The average Bonchev–Trinajstić information content (AvgIpc) is 3.15. The average molecular weight is 502 g/mol. The number of carbonyl (C=O) groups is 2. The smallest absolute Gasteiger partial charge is 0.285 e. The summed E-state index contributed by atoms with van der Waals surface area (Å²) in [5, 5.41) is 10.3. The summed E-state index contributed by atoms with van der Waals surface area (Å²) in [6.45, 7) is 0.208. The van der Waals surface area contributed by atoms with Crippen LogP contribution in [0.15, 0.2) is 77.7 Å². The maximum Gasteiger partial charge on any atom is 0.285 e. The van der Waals surface area contributed by atoms with E-state index in [4.69, 9.17) is 21.7 Å². The molecule has 3 aromatic rings. The minimum absolute atomic E-state index is 0.208. The predicted octanol–water partition coefficient (Wildman–Crippen LogP) is 4.69. The molecule has 0 saturated carbocycles. The van der Waals surface area contributed by atoms with Crippen LogP contribution in [-0.4, -0.2) is 28.3 Å². The zero-order chi connectivity index (χ0) is 24.8. The summed E-state index contributed by atoms with van der Waals surface area (Å²) in [5.41, 5.74) is 4.99. The molecule has 3 aromatic carbocycles. The molecule has 0 aliphatic carbocycles. The van der Waals surface area contributed by atoms with Crippen molar-refractivity contribution in [3.05, 3.63) is 100.0 Å². The van der Waals surface area contributed by atoms with E-state index in [0.717, 1.165) is 22.3 Å². The molecule has 2 amide bonds. The molecule has 0 unspecified atom stereocenters. The number of nitriles is 1. The van der Waals surface area contributed by atoms with Crippen molar-refractivity contribution in [2.45, 2.75) is 6.61 Å². The Morgan fingerprint density at radius 1 is 1.11 bits per heavy atom. The molecule has 1 saturated heterocycles. The number of amides is 2. The molecule has 1 fully saturated rings. The van der Waals surface area contributed by atoms with Crippen LogP contribution < -0.4 is 14.9 Å². The lowest BCUT2D eigenvalue weighted by atomic mass is 10.1. The number of hydrogen-bond donors (Lipinski definition) is 1. The van der Waals surface area contributed by atoms with Crippen LogP contribution in [0.3, 0.4) is 0 Å². The molecular weight excluding hydrogens is 482 g/mol. The summed E-state index contributed by atoms with van der Waals surface area (Å²) in [4.78, 5) is 25.7. The highest BCUT2D eigenvalue weighted by Gasteiger charge is 2.33. The van der Waals surface area contributed by atoms with Gasteiger partial charge in [0, 0.05) is 11.1 Å². The molecule has 1 aliphatic heterocycles. The van der Waals surface area contributed by atoms with Crippen molar-refractivity contribution in [1.29, 1.82) is 5.26 Å². The Balaban J connectivity index is 1.48. The van der Waals surface area contributed by atoms with Crippen LogP contribution in [-0.2, 0) is 11.4 Å². The number of hydrazine groups is 1. The topological polar surface area (TPSA) is 91.7 Å². The summed E-state index contributed by atoms with van der Waals surface area (Å²) >= 11 is 6.39. The van der Waals surface area contributed by atoms with E-state index < -0.39 is 11.8 Å². The molecule has 7 nitrogen and oxygen atoms in total. The number of benzene rings is 3. The number of rotatable bonds is 7. The van der Waals surface area contributed by atoms with Gasteiger partial charge in [-0.2, -0.15) is 10.3 Å². The van der Waals surface area contributed by atoms with Crippen LogP contribution in [0, 0.1) is 11.3 Å². The van der Waals surface area contributed by atoms with Gasteiger partial charge in [-0.05, 0) is 54.2 Å². The van der Waals surface area contributed by atoms with Crippen molar-refractivity contribution in [1.82, 2.24) is 10.4 Å². The molecule has 0 aromatic heterocycles. The van der Waals surface area contributed by atoms with Gasteiger partial charge >= 0.3 is 0 Å². The minimum atomic E-state index is -0.427. The lowest BCUT2D eigenvalue weighted by Gasteiger charge is -2.15. The van der Waals surface area contributed by atoms with E-state index in [1.54, 1.807) is 66.7 Å².